The van der Waals surface area contributed by atoms with Crippen molar-refractivity contribution < 1.29 is 0 Å². The highest BCUT2D eigenvalue weighted by atomic mass is 32.1. The number of nitrogens with one attached hydrogen (secondary N) is 2. The highest BCUT2D eigenvalue weighted by Gasteiger charge is 2.16. The van der Waals surface area contributed by atoms with Crippen molar-refractivity contribution in [2.45, 2.75) is 32.7 Å². The molecule has 1 aliphatic rings. The first-order chi connectivity index (χ1) is 12.1. The van der Waals surface area contributed by atoms with Gasteiger partial charge in [0.25, 0.3) is 0 Å². The lowest BCUT2D eigenvalue weighted by molar-refractivity contribution is 0.438. The highest BCUT2D eigenvalue weighted by molar-refractivity contribution is 7.80. The molecule has 132 valence electrons. The zero-order valence-electron chi connectivity index (χ0n) is 15.0. The minimum atomic E-state index is 0.166. The summed E-state index contributed by atoms with van der Waals surface area (Å²) in [5.74, 6) is 0.859. The summed E-state index contributed by atoms with van der Waals surface area (Å²) in [5.41, 5.74) is 3.57. The number of hydrogen-bond donors (Lipinski definition) is 2. The maximum atomic E-state index is 5.42. The number of thiocarbonyl (C=S) groups is 1. The molecule has 0 radical (unpaired) electrons. The number of para-hydroxylation sites is 1. The molecule has 0 bridgehead atoms. The minimum Gasteiger partial charge on any atom is -0.372 e. The van der Waals surface area contributed by atoms with Crippen LogP contribution in [-0.2, 0) is 0 Å². The quantitative estimate of drug-likeness (QED) is 0.759. The second-order valence-corrected chi connectivity index (χ2v) is 7.36. The third-order valence-electron chi connectivity index (χ3n) is 4.92. The summed E-state index contributed by atoms with van der Waals surface area (Å²) >= 11 is 5.42. The van der Waals surface area contributed by atoms with E-state index in [1.165, 1.54) is 37.2 Å². The van der Waals surface area contributed by atoms with Crippen LogP contribution >= 0.6 is 12.2 Å². The Morgan fingerprint density at radius 3 is 2.32 bits per heavy atom. The number of piperidine rings is 1. The topological polar surface area (TPSA) is 27.3 Å². The van der Waals surface area contributed by atoms with E-state index in [-0.39, 0.29) is 6.04 Å². The number of rotatable bonds is 4. The van der Waals surface area contributed by atoms with Gasteiger partial charge in [0, 0.05) is 24.5 Å². The largest absolute Gasteiger partial charge is 0.372 e. The van der Waals surface area contributed by atoms with Gasteiger partial charge in [-0.15, -0.1) is 0 Å². The van der Waals surface area contributed by atoms with Gasteiger partial charge in [-0.2, -0.15) is 0 Å². The molecular formula is C21H27N3S. The van der Waals surface area contributed by atoms with Gasteiger partial charge in [-0.25, -0.2) is 0 Å². The van der Waals surface area contributed by atoms with Crippen molar-refractivity contribution in [3.63, 3.8) is 0 Å². The van der Waals surface area contributed by atoms with Crippen molar-refractivity contribution in [3.8, 4) is 0 Å². The Kier molecular flexibility index (Phi) is 5.92. The maximum Gasteiger partial charge on any atom is 0.171 e. The lowest BCUT2D eigenvalue weighted by Gasteiger charge is -2.32. The number of benzene rings is 2. The molecule has 1 saturated heterocycles. The van der Waals surface area contributed by atoms with Crippen LogP contribution in [0.3, 0.4) is 0 Å². The average Bonchev–Trinajstić information content (AvgIpc) is 2.63. The molecule has 25 heavy (non-hydrogen) atoms. The van der Waals surface area contributed by atoms with Gasteiger partial charge in [-0.05, 0) is 67.7 Å². The van der Waals surface area contributed by atoms with Gasteiger partial charge >= 0.3 is 0 Å². The van der Waals surface area contributed by atoms with E-state index in [2.05, 4.69) is 53.6 Å². The maximum absolute atomic E-state index is 5.42. The molecule has 3 nitrogen and oxygen atoms in total. The smallest absolute Gasteiger partial charge is 0.171 e. The van der Waals surface area contributed by atoms with Gasteiger partial charge in [-0.3, -0.25) is 0 Å². The zero-order chi connectivity index (χ0) is 17.6. The molecule has 0 aliphatic carbocycles. The van der Waals surface area contributed by atoms with Crippen LogP contribution in [0.5, 0.6) is 0 Å². The summed E-state index contributed by atoms with van der Waals surface area (Å²) < 4.78 is 0. The van der Waals surface area contributed by atoms with Crippen LogP contribution in [0, 0.1) is 5.92 Å². The van der Waals surface area contributed by atoms with Crippen molar-refractivity contribution in [1.82, 2.24) is 5.32 Å². The van der Waals surface area contributed by atoms with Gasteiger partial charge in [0.1, 0.15) is 0 Å². The fraction of sp³-hybridized carbons (Fsp3) is 0.381. The summed E-state index contributed by atoms with van der Waals surface area (Å²) in [6, 6.07) is 19.0. The predicted molar refractivity (Wildman–Crippen MR) is 111 cm³/mol. The molecule has 4 heteroatoms. The first-order valence-corrected chi connectivity index (χ1v) is 9.50. The van der Waals surface area contributed by atoms with Crippen LogP contribution in [0.25, 0.3) is 0 Å². The van der Waals surface area contributed by atoms with Crippen LogP contribution in [-0.4, -0.2) is 18.2 Å². The van der Waals surface area contributed by atoms with Crippen LogP contribution in [0.2, 0.25) is 0 Å². The normalized spacial score (nSPS) is 16.3. The van der Waals surface area contributed by atoms with Gasteiger partial charge in [0.05, 0.1) is 6.04 Å². The second-order valence-electron chi connectivity index (χ2n) is 6.95. The fourth-order valence-corrected chi connectivity index (χ4v) is 3.50. The van der Waals surface area contributed by atoms with E-state index in [9.17, 15) is 0 Å². The molecule has 1 aliphatic heterocycles. The van der Waals surface area contributed by atoms with E-state index in [0.717, 1.165) is 11.6 Å². The van der Waals surface area contributed by atoms with Gasteiger partial charge in [0.2, 0.25) is 0 Å². The molecule has 1 fully saturated rings. The monoisotopic (exact) mass is 353 g/mol. The second kappa shape index (κ2) is 8.34. The van der Waals surface area contributed by atoms with E-state index in [0.29, 0.717) is 5.11 Å². The Labute approximate surface area is 156 Å². The molecule has 0 aromatic heterocycles. The van der Waals surface area contributed by atoms with Crippen molar-refractivity contribution in [1.29, 1.82) is 0 Å². The first kappa shape index (κ1) is 17.7. The van der Waals surface area contributed by atoms with E-state index in [4.69, 9.17) is 12.2 Å². The van der Waals surface area contributed by atoms with Crippen molar-refractivity contribution in [3.05, 3.63) is 60.2 Å². The highest BCUT2D eigenvalue weighted by Crippen LogP contribution is 2.24. The van der Waals surface area contributed by atoms with Crippen LogP contribution < -0.4 is 15.5 Å². The predicted octanol–water partition coefficient (Wildman–Crippen LogP) is 4.97. The molecule has 1 atom stereocenters. The van der Waals surface area contributed by atoms with E-state index in [1.54, 1.807) is 0 Å². The molecule has 2 aromatic rings. The minimum absolute atomic E-state index is 0.166. The molecule has 0 amide bonds. The van der Waals surface area contributed by atoms with E-state index in [1.807, 2.05) is 30.3 Å². The lowest BCUT2D eigenvalue weighted by atomic mass is 9.98. The van der Waals surface area contributed by atoms with E-state index >= 15 is 0 Å². The Hall–Kier alpha value is -2.07. The SMILES string of the molecule is CC1CCN(c2ccc(C(C)NC(=S)Nc3ccccc3)cc2)CC1. The molecule has 1 unspecified atom stereocenters. The third-order valence-corrected chi connectivity index (χ3v) is 5.14. The average molecular weight is 354 g/mol. The zero-order valence-corrected chi connectivity index (χ0v) is 15.9. The lowest BCUT2D eigenvalue weighted by Crippen LogP contribution is -2.33. The van der Waals surface area contributed by atoms with Crippen molar-refractivity contribution in [2.75, 3.05) is 23.3 Å². The number of nitrogens with zero attached hydrogens (tertiary/aromatic N) is 1. The first-order valence-electron chi connectivity index (χ1n) is 9.09. The van der Waals surface area contributed by atoms with Gasteiger partial charge < -0.3 is 15.5 Å². The third kappa shape index (κ3) is 4.95. The van der Waals surface area contributed by atoms with Crippen molar-refractivity contribution in [2.24, 2.45) is 5.92 Å². The van der Waals surface area contributed by atoms with Gasteiger partial charge in [-0.1, -0.05) is 37.3 Å². The fourth-order valence-electron chi connectivity index (χ4n) is 3.21. The molecule has 0 spiro atoms. The molecule has 2 N–H and O–H groups in total. The Balaban J connectivity index is 1.55. The molecule has 0 saturated carbocycles. The van der Waals surface area contributed by atoms with Crippen LogP contribution in [0.1, 0.15) is 38.3 Å². The molecule has 3 rings (SSSR count). The molecular weight excluding hydrogens is 326 g/mol. The summed E-state index contributed by atoms with van der Waals surface area (Å²) in [4.78, 5) is 2.49. The Morgan fingerprint density at radius 2 is 1.68 bits per heavy atom. The van der Waals surface area contributed by atoms with Crippen molar-refractivity contribution >= 4 is 28.7 Å². The summed E-state index contributed by atoms with van der Waals surface area (Å²) in [7, 11) is 0. The molecule has 2 aromatic carbocycles. The van der Waals surface area contributed by atoms with Crippen LogP contribution in [0.4, 0.5) is 11.4 Å². The standard InChI is InChI=1S/C21H27N3S/c1-16-12-14-24(15-13-16)20-10-8-18(9-11-20)17(2)22-21(25)23-19-6-4-3-5-7-19/h3-11,16-17H,12-15H2,1-2H3,(H2,22,23,25). The Morgan fingerprint density at radius 1 is 1.04 bits per heavy atom. The van der Waals surface area contributed by atoms with Gasteiger partial charge in [0.15, 0.2) is 5.11 Å². The van der Waals surface area contributed by atoms with E-state index < -0.39 is 0 Å². The summed E-state index contributed by atoms with van der Waals surface area (Å²) in [6.45, 7) is 6.81. The number of hydrogen-bond acceptors (Lipinski definition) is 2. The Bertz CT molecular complexity index is 676. The number of anilines is 2. The summed E-state index contributed by atoms with van der Waals surface area (Å²) in [6.07, 6.45) is 2.58. The van der Waals surface area contributed by atoms with Crippen LogP contribution in [0.15, 0.2) is 54.6 Å². The molecule has 1 heterocycles. The summed E-state index contributed by atoms with van der Waals surface area (Å²) in [5, 5.41) is 7.22.